The second kappa shape index (κ2) is 4.82. The van der Waals surface area contributed by atoms with E-state index in [9.17, 15) is 0 Å². The molecular formula is C16H15BrN2. The smallest absolute Gasteiger partial charge is 0.0934 e. The Kier molecular flexibility index (Phi) is 3.15. The lowest BCUT2D eigenvalue weighted by Crippen LogP contribution is -1.99. The van der Waals surface area contributed by atoms with Crippen LogP contribution in [0.5, 0.6) is 0 Å². The Balaban J connectivity index is 1.95. The van der Waals surface area contributed by atoms with Crippen molar-refractivity contribution >= 4 is 26.8 Å². The minimum absolute atomic E-state index is 0.811. The van der Waals surface area contributed by atoms with Gasteiger partial charge in [-0.3, -0.25) is 4.68 Å². The highest BCUT2D eigenvalue weighted by Gasteiger charge is 2.04. The maximum atomic E-state index is 4.62. The fourth-order valence-electron chi connectivity index (χ4n) is 2.17. The van der Waals surface area contributed by atoms with Crippen LogP contribution < -0.4 is 0 Å². The Bertz CT molecular complexity index is 687. The van der Waals surface area contributed by atoms with Crippen molar-refractivity contribution in [3.05, 3.63) is 63.8 Å². The van der Waals surface area contributed by atoms with Crippen LogP contribution in [-0.2, 0) is 6.54 Å². The van der Waals surface area contributed by atoms with Gasteiger partial charge in [0.2, 0.25) is 0 Å². The lowest BCUT2D eigenvalue weighted by atomic mass is 10.1. The number of aryl methyl sites for hydroxylation is 2. The standard InChI is InChI=1S/C16H15BrN2/c1-11-3-5-13(6-4-11)9-19-10-14-7-12(2)15(17)8-16(14)18-19/h3-8,10H,9H2,1-2H3. The summed E-state index contributed by atoms with van der Waals surface area (Å²) < 4.78 is 3.11. The van der Waals surface area contributed by atoms with Crippen LogP contribution in [0.1, 0.15) is 16.7 Å². The molecule has 0 saturated heterocycles. The number of hydrogen-bond donors (Lipinski definition) is 0. The highest BCUT2D eigenvalue weighted by Crippen LogP contribution is 2.23. The molecule has 0 unspecified atom stereocenters. The minimum atomic E-state index is 0.811. The van der Waals surface area contributed by atoms with E-state index in [0.29, 0.717) is 0 Å². The van der Waals surface area contributed by atoms with E-state index in [-0.39, 0.29) is 0 Å². The Morgan fingerprint density at radius 3 is 2.58 bits per heavy atom. The van der Waals surface area contributed by atoms with Crippen LogP contribution >= 0.6 is 15.9 Å². The van der Waals surface area contributed by atoms with E-state index in [1.54, 1.807) is 0 Å². The predicted octanol–water partition coefficient (Wildman–Crippen LogP) is 4.46. The fraction of sp³-hybridized carbons (Fsp3) is 0.188. The number of benzene rings is 2. The third kappa shape index (κ3) is 2.56. The van der Waals surface area contributed by atoms with E-state index in [4.69, 9.17) is 0 Å². The minimum Gasteiger partial charge on any atom is -0.267 e. The molecule has 0 aliphatic heterocycles. The maximum Gasteiger partial charge on any atom is 0.0934 e. The van der Waals surface area contributed by atoms with Gasteiger partial charge in [0.15, 0.2) is 0 Å². The summed E-state index contributed by atoms with van der Waals surface area (Å²) in [7, 11) is 0. The van der Waals surface area contributed by atoms with Gasteiger partial charge < -0.3 is 0 Å². The number of hydrogen-bond acceptors (Lipinski definition) is 1. The Labute approximate surface area is 121 Å². The molecule has 2 nitrogen and oxygen atoms in total. The molecule has 19 heavy (non-hydrogen) atoms. The molecular weight excluding hydrogens is 300 g/mol. The van der Waals surface area contributed by atoms with E-state index >= 15 is 0 Å². The average Bonchev–Trinajstić information content (AvgIpc) is 2.74. The summed E-state index contributed by atoms with van der Waals surface area (Å²) in [4.78, 5) is 0. The van der Waals surface area contributed by atoms with Gasteiger partial charge in [0, 0.05) is 16.1 Å². The van der Waals surface area contributed by atoms with Gasteiger partial charge in [0.25, 0.3) is 0 Å². The summed E-state index contributed by atoms with van der Waals surface area (Å²) in [6, 6.07) is 12.8. The number of halogens is 1. The topological polar surface area (TPSA) is 17.8 Å². The fourth-order valence-corrected chi connectivity index (χ4v) is 2.50. The van der Waals surface area contributed by atoms with E-state index in [2.05, 4.69) is 77.5 Å². The van der Waals surface area contributed by atoms with Crippen molar-refractivity contribution in [3.63, 3.8) is 0 Å². The summed E-state index contributed by atoms with van der Waals surface area (Å²) in [6.45, 7) is 5.01. The molecule has 0 atom stereocenters. The molecule has 96 valence electrons. The van der Waals surface area contributed by atoms with Crippen molar-refractivity contribution < 1.29 is 0 Å². The Morgan fingerprint density at radius 2 is 1.84 bits per heavy atom. The molecule has 0 fully saturated rings. The van der Waals surface area contributed by atoms with Crippen molar-refractivity contribution in [3.8, 4) is 0 Å². The molecule has 2 aromatic carbocycles. The van der Waals surface area contributed by atoms with Crippen molar-refractivity contribution in [1.29, 1.82) is 0 Å². The SMILES string of the molecule is Cc1ccc(Cn2cc3cc(C)c(Br)cc3n2)cc1. The third-order valence-corrected chi connectivity index (χ3v) is 4.15. The zero-order valence-corrected chi connectivity index (χ0v) is 12.6. The summed E-state index contributed by atoms with van der Waals surface area (Å²) in [5.74, 6) is 0. The summed E-state index contributed by atoms with van der Waals surface area (Å²) in [5.41, 5.74) is 4.83. The summed E-state index contributed by atoms with van der Waals surface area (Å²) in [6.07, 6.45) is 2.11. The van der Waals surface area contributed by atoms with Crippen LogP contribution in [0.15, 0.2) is 47.1 Å². The van der Waals surface area contributed by atoms with Crippen molar-refractivity contribution in [2.75, 3.05) is 0 Å². The van der Waals surface area contributed by atoms with Crippen molar-refractivity contribution in [2.24, 2.45) is 0 Å². The van der Waals surface area contributed by atoms with Gasteiger partial charge in [-0.1, -0.05) is 45.8 Å². The molecule has 0 spiro atoms. The normalized spacial score (nSPS) is 11.1. The van der Waals surface area contributed by atoms with Gasteiger partial charge in [-0.15, -0.1) is 0 Å². The molecule has 0 bridgehead atoms. The van der Waals surface area contributed by atoms with Crippen LogP contribution in [0.25, 0.3) is 10.9 Å². The average molecular weight is 315 g/mol. The van der Waals surface area contributed by atoms with Crippen LogP contribution in [-0.4, -0.2) is 9.78 Å². The number of rotatable bonds is 2. The van der Waals surface area contributed by atoms with Crippen molar-refractivity contribution in [2.45, 2.75) is 20.4 Å². The Morgan fingerprint density at radius 1 is 1.11 bits per heavy atom. The van der Waals surface area contributed by atoms with Crippen LogP contribution in [0, 0.1) is 13.8 Å². The highest BCUT2D eigenvalue weighted by molar-refractivity contribution is 9.10. The first-order chi connectivity index (χ1) is 9.11. The van der Waals surface area contributed by atoms with Gasteiger partial charge in [-0.05, 0) is 37.1 Å². The van der Waals surface area contributed by atoms with Crippen LogP contribution in [0.2, 0.25) is 0 Å². The molecule has 3 heteroatoms. The van der Waals surface area contributed by atoms with E-state index in [1.165, 1.54) is 22.1 Å². The van der Waals surface area contributed by atoms with Crippen LogP contribution in [0.4, 0.5) is 0 Å². The van der Waals surface area contributed by atoms with Gasteiger partial charge in [0.05, 0.1) is 12.1 Å². The van der Waals surface area contributed by atoms with Gasteiger partial charge in [0.1, 0.15) is 0 Å². The summed E-state index contributed by atoms with van der Waals surface area (Å²) >= 11 is 3.55. The molecule has 1 aromatic heterocycles. The largest absolute Gasteiger partial charge is 0.267 e. The molecule has 0 aliphatic rings. The highest BCUT2D eigenvalue weighted by atomic mass is 79.9. The predicted molar refractivity (Wildman–Crippen MR) is 82.5 cm³/mol. The summed E-state index contributed by atoms with van der Waals surface area (Å²) in [5, 5.41) is 5.81. The van der Waals surface area contributed by atoms with E-state index in [0.717, 1.165) is 16.5 Å². The number of fused-ring (bicyclic) bond motifs is 1. The van der Waals surface area contributed by atoms with Gasteiger partial charge >= 0.3 is 0 Å². The Hall–Kier alpha value is -1.61. The van der Waals surface area contributed by atoms with Gasteiger partial charge in [-0.2, -0.15) is 5.10 Å². The molecule has 1 heterocycles. The number of nitrogens with zero attached hydrogens (tertiary/aromatic N) is 2. The van der Waals surface area contributed by atoms with E-state index in [1.807, 2.05) is 4.68 Å². The third-order valence-electron chi connectivity index (χ3n) is 3.30. The molecule has 0 aliphatic carbocycles. The molecule has 0 radical (unpaired) electrons. The van der Waals surface area contributed by atoms with E-state index < -0.39 is 0 Å². The molecule has 0 saturated carbocycles. The molecule has 3 rings (SSSR count). The lowest BCUT2D eigenvalue weighted by molar-refractivity contribution is 0.695. The quantitative estimate of drug-likeness (QED) is 0.682. The molecule has 0 amide bonds. The zero-order valence-electron chi connectivity index (χ0n) is 11.0. The second-order valence-corrected chi connectivity index (χ2v) is 5.83. The zero-order chi connectivity index (χ0) is 13.4. The first-order valence-electron chi connectivity index (χ1n) is 6.31. The second-order valence-electron chi connectivity index (χ2n) is 4.97. The molecule has 3 aromatic rings. The van der Waals surface area contributed by atoms with Gasteiger partial charge in [-0.25, -0.2) is 0 Å². The first-order valence-corrected chi connectivity index (χ1v) is 7.10. The number of aromatic nitrogens is 2. The van der Waals surface area contributed by atoms with Crippen molar-refractivity contribution in [1.82, 2.24) is 9.78 Å². The first kappa shape index (κ1) is 12.4. The van der Waals surface area contributed by atoms with Crippen LogP contribution in [0.3, 0.4) is 0 Å². The maximum absolute atomic E-state index is 4.62. The lowest BCUT2D eigenvalue weighted by Gasteiger charge is -2.01. The molecule has 0 N–H and O–H groups in total. The monoisotopic (exact) mass is 314 g/mol.